The summed E-state index contributed by atoms with van der Waals surface area (Å²) in [6.45, 7) is 4.93. The molecular formula is C16H22F3NO. The van der Waals surface area contributed by atoms with Crippen LogP contribution in [0.1, 0.15) is 44.7 Å². The summed E-state index contributed by atoms with van der Waals surface area (Å²) in [5.74, 6) is 0.805. The van der Waals surface area contributed by atoms with Gasteiger partial charge in [0.15, 0.2) is 0 Å². The molecule has 0 heterocycles. The summed E-state index contributed by atoms with van der Waals surface area (Å²) < 4.78 is 41.9. The van der Waals surface area contributed by atoms with Gasteiger partial charge in [0.2, 0.25) is 0 Å². The average molecular weight is 301 g/mol. The van der Waals surface area contributed by atoms with Gasteiger partial charge in [-0.05, 0) is 43.7 Å². The van der Waals surface area contributed by atoms with Gasteiger partial charge in [-0.25, -0.2) is 0 Å². The smallest absolute Gasteiger partial charge is 0.405 e. The van der Waals surface area contributed by atoms with Crippen LogP contribution in [-0.4, -0.2) is 12.9 Å². The van der Waals surface area contributed by atoms with Crippen molar-refractivity contribution in [3.63, 3.8) is 0 Å². The number of ether oxygens (including phenoxy) is 1. The Balaban J connectivity index is 2.25. The molecule has 5 heteroatoms. The highest BCUT2D eigenvalue weighted by molar-refractivity contribution is 5.36. The van der Waals surface area contributed by atoms with E-state index in [1.165, 1.54) is 6.07 Å². The maximum Gasteiger partial charge on any atom is 0.573 e. The number of benzene rings is 1. The summed E-state index contributed by atoms with van der Waals surface area (Å²) >= 11 is 0. The topological polar surface area (TPSA) is 21.3 Å². The molecule has 118 valence electrons. The third-order valence-corrected chi connectivity index (χ3v) is 3.99. The molecule has 0 radical (unpaired) electrons. The molecule has 1 aliphatic carbocycles. The van der Waals surface area contributed by atoms with Crippen molar-refractivity contribution in [2.24, 2.45) is 11.8 Å². The van der Waals surface area contributed by atoms with Crippen LogP contribution in [0.5, 0.6) is 5.75 Å². The van der Waals surface area contributed by atoms with E-state index in [1.54, 1.807) is 18.2 Å². The fourth-order valence-electron chi connectivity index (χ4n) is 2.73. The van der Waals surface area contributed by atoms with Crippen LogP contribution in [0.3, 0.4) is 0 Å². The van der Waals surface area contributed by atoms with E-state index in [-0.39, 0.29) is 11.8 Å². The number of nitrogens with one attached hydrogen (secondary N) is 1. The minimum absolute atomic E-state index is 0.0916. The van der Waals surface area contributed by atoms with Gasteiger partial charge in [-0.3, -0.25) is 0 Å². The van der Waals surface area contributed by atoms with E-state index in [1.807, 2.05) is 6.92 Å². The number of hydrogen-bond donors (Lipinski definition) is 1. The molecule has 1 aromatic carbocycles. The zero-order valence-corrected chi connectivity index (χ0v) is 12.4. The van der Waals surface area contributed by atoms with Gasteiger partial charge in [0, 0.05) is 11.6 Å². The molecule has 0 aromatic heterocycles. The molecule has 1 saturated carbocycles. The van der Waals surface area contributed by atoms with Gasteiger partial charge in [0.25, 0.3) is 0 Å². The van der Waals surface area contributed by atoms with Crippen molar-refractivity contribution in [1.82, 2.24) is 5.32 Å². The van der Waals surface area contributed by atoms with E-state index in [0.29, 0.717) is 17.4 Å². The van der Waals surface area contributed by atoms with Crippen LogP contribution < -0.4 is 10.1 Å². The summed E-state index contributed by atoms with van der Waals surface area (Å²) in [5.41, 5.74) is 0.600. The molecule has 1 N–H and O–H groups in total. The van der Waals surface area contributed by atoms with Gasteiger partial charge < -0.3 is 10.1 Å². The Bertz CT molecular complexity index is 457. The maximum atomic E-state index is 12.6. The van der Waals surface area contributed by atoms with Crippen molar-refractivity contribution in [3.8, 4) is 5.75 Å². The molecule has 0 bridgehead atoms. The molecular weight excluding hydrogens is 279 g/mol. The van der Waals surface area contributed by atoms with Gasteiger partial charge in [0.1, 0.15) is 5.75 Å². The Morgan fingerprint density at radius 1 is 1.29 bits per heavy atom. The summed E-state index contributed by atoms with van der Waals surface area (Å²) in [7, 11) is 0. The highest BCUT2D eigenvalue weighted by atomic mass is 19.4. The quantitative estimate of drug-likeness (QED) is 0.790. The normalized spacial score (nSPS) is 18.3. The van der Waals surface area contributed by atoms with Gasteiger partial charge >= 0.3 is 6.36 Å². The molecule has 0 aliphatic heterocycles. The highest BCUT2D eigenvalue weighted by Crippen LogP contribution is 2.44. The lowest BCUT2D eigenvalue weighted by Gasteiger charge is -2.27. The van der Waals surface area contributed by atoms with Crippen LogP contribution in [-0.2, 0) is 0 Å². The second-order valence-electron chi connectivity index (χ2n) is 5.71. The SMILES string of the molecule is CCCNC(c1ccccc1OC(F)(F)F)C(C)C1CC1. The second kappa shape index (κ2) is 6.69. The first-order valence-electron chi connectivity index (χ1n) is 7.50. The zero-order valence-electron chi connectivity index (χ0n) is 12.4. The van der Waals surface area contributed by atoms with E-state index >= 15 is 0 Å². The van der Waals surface area contributed by atoms with Crippen molar-refractivity contribution in [2.75, 3.05) is 6.54 Å². The largest absolute Gasteiger partial charge is 0.573 e. The van der Waals surface area contributed by atoms with Crippen molar-refractivity contribution in [1.29, 1.82) is 0 Å². The van der Waals surface area contributed by atoms with Gasteiger partial charge in [-0.15, -0.1) is 13.2 Å². The number of halogens is 3. The van der Waals surface area contributed by atoms with Crippen LogP contribution >= 0.6 is 0 Å². The van der Waals surface area contributed by atoms with E-state index in [2.05, 4.69) is 17.0 Å². The first-order valence-corrected chi connectivity index (χ1v) is 7.50. The number of para-hydroxylation sites is 1. The Hall–Kier alpha value is -1.23. The molecule has 2 atom stereocenters. The van der Waals surface area contributed by atoms with Crippen molar-refractivity contribution in [3.05, 3.63) is 29.8 Å². The van der Waals surface area contributed by atoms with E-state index in [0.717, 1.165) is 25.8 Å². The maximum absolute atomic E-state index is 12.6. The first kappa shape index (κ1) is 16.1. The molecule has 21 heavy (non-hydrogen) atoms. The van der Waals surface area contributed by atoms with Crippen LogP contribution in [0, 0.1) is 11.8 Å². The molecule has 2 nitrogen and oxygen atoms in total. The van der Waals surface area contributed by atoms with Crippen LogP contribution in [0.25, 0.3) is 0 Å². The summed E-state index contributed by atoms with van der Waals surface area (Å²) in [4.78, 5) is 0. The van der Waals surface area contributed by atoms with Crippen LogP contribution in [0.4, 0.5) is 13.2 Å². The third-order valence-electron chi connectivity index (χ3n) is 3.99. The molecule has 0 amide bonds. The summed E-state index contributed by atoms with van der Waals surface area (Å²) in [6.07, 6.45) is -1.40. The van der Waals surface area contributed by atoms with Crippen molar-refractivity contribution >= 4 is 0 Å². The molecule has 2 rings (SSSR count). The van der Waals surface area contributed by atoms with E-state index < -0.39 is 6.36 Å². The molecule has 1 aliphatic rings. The van der Waals surface area contributed by atoms with Gasteiger partial charge in [-0.2, -0.15) is 0 Å². The van der Waals surface area contributed by atoms with E-state index in [9.17, 15) is 13.2 Å². The Kier molecular flexibility index (Phi) is 5.14. The van der Waals surface area contributed by atoms with Crippen molar-refractivity contribution < 1.29 is 17.9 Å². The van der Waals surface area contributed by atoms with Crippen LogP contribution in [0.15, 0.2) is 24.3 Å². The van der Waals surface area contributed by atoms with Gasteiger partial charge in [-0.1, -0.05) is 32.0 Å². The fourth-order valence-corrected chi connectivity index (χ4v) is 2.73. The highest BCUT2D eigenvalue weighted by Gasteiger charge is 2.37. The molecule has 0 spiro atoms. The Morgan fingerprint density at radius 2 is 1.95 bits per heavy atom. The van der Waals surface area contributed by atoms with Crippen LogP contribution in [0.2, 0.25) is 0 Å². The average Bonchev–Trinajstić information content (AvgIpc) is 3.23. The van der Waals surface area contributed by atoms with Crippen molar-refractivity contribution in [2.45, 2.75) is 45.5 Å². The number of hydrogen-bond acceptors (Lipinski definition) is 2. The lowest BCUT2D eigenvalue weighted by atomic mass is 9.90. The fraction of sp³-hybridized carbons (Fsp3) is 0.625. The molecule has 0 saturated heterocycles. The molecule has 2 unspecified atom stereocenters. The number of alkyl halides is 3. The predicted octanol–water partition coefficient (Wildman–Crippen LogP) is 4.67. The predicted molar refractivity (Wildman–Crippen MR) is 76.0 cm³/mol. The zero-order chi connectivity index (χ0) is 15.5. The minimum atomic E-state index is -4.66. The Morgan fingerprint density at radius 3 is 2.52 bits per heavy atom. The minimum Gasteiger partial charge on any atom is -0.405 e. The first-order chi connectivity index (χ1) is 9.92. The Labute approximate surface area is 123 Å². The van der Waals surface area contributed by atoms with E-state index in [4.69, 9.17) is 0 Å². The second-order valence-corrected chi connectivity index (χ2v) is 5.71. The molecule has 1 aromatic rings. The van der Waals surface area contributed by atoms with Gasteiger partial charge in [0.05, 0.1) is 0 Å². The molecule has 1 fully saturated rings. The lowest BCUT2D eigenvalue weighted by molar-refractivity contribution is -0.275. The third kappa shape index (κ3) is 4.63. The number of rotatable bonds is 7. The standard InChI is InChI=1S/C16H22F3NO/c1-3-10-20-15(11(2)12-8-9-12)13-6-4-5-7-14(13)21-16(17,18)19/h4-7,11-12,15,20H,3,8-10H2,1-2H3. The monoisotopic (exact) mass is 301 g/mol. The lowest BCUT2D eigenvalue weighted by Crippen LogP contribution is -2.30. The summed E-state index contributed by atoms with van der Waals surface area (Å²) in [6, 6.07) is 6.36. The summed E-state index contributed by atoms with van der Waals surface area (Å²) in [5, 5.41) is 3.39.